The molecule has 0 aromatic rings. The zero-order valence-corrected chi connectivity index (χ0v) is 11.6. The molecule has 0 saturated heterocycles. The van der Waals surface area contributed by atoms with Gasteiger partial charge in [0.15, 0.2) is 11.6 Å². The van der Waals surface area contributed by atoms with Crippen molar-refractivity contribution in [1.82, 2.24) is 0 Å². The van der Waals surface area contributed by atoms with Gasteiger partial charge < -0.3 is 0 Å². The van der Waals surface area contributed by atoms with Crippen LogP contribution in [0.4, 0.5) is 0 Å². The summed E-state index contributed by atoms with van der Waals surface area (Å²) >= 11 is 0. The molecule has 2 heteroatoms. The number of hydrogen-bond acceptors (Lipinski definition) is 2. The van der Waals surface area contributed by atoms with Gasteiger partial charge in [-0.25, -0.2) is 0 Å². The second kappa shape index (κ2) is 4.83. The molecule has 2 rings (SSSR count). The van der Waals surface area contributed by atoms with Crippen LogP contribution in [0.1, 0.15) is 52.9 Å². The predicted molar refractivity (Wildman–Crippen MR) is 72.2 cm³/mol. The van der Waals surface area contributed by atoms with Gasteiger partial charge in [-0.3, -0.25) is 9.59 Å². The van der Waals surface area contributed by atoms with Crippen LogP contribution >= 0.6 is 0 Å². The van der Waals surface area contributed by atoms with E-state index < -0.39 is 0 Å². The topological polar surface area (TPSA) is 34.1 Å². The van der Waals surface area contributed by atoms with E-state index in [9.17, 15) is 9.59 Å². The Labute approximate surface area is 109 Å². The standard InChI is InChI=1S/C16H22O2/c1-16(2,3)14-10-12(17)9-13(15(14)18)11-7-5-4-6-8-11/h9-11H,4-8H2,1-3H3. The number of rotatable bonds is 1. The Kier molecular flexibility index (Phi) is 3.56. The molecule has 0 amide bonds. The Morgan fingerprint density at radius 1 is 1.00 bits per heavy atom. The number of carbonyl (C=O) groups is 2. The smallest absolute Gasteiger partial charge is 0.186 e. The minimum Gasteiger partial charge on any atom is -0.290 e. The van der Waals surface area contributed by atoms with Gasteiger partial charge >= 0.3 is 0 Å². The van der Waals surface area contributed by atoms with Gasteiger partial charge in [0.2, 0.25) is 0 Å². The van der Waals surface area contributed by atoms with Crippen molar-refractivity contribution in [3.05, 3.63) is 23.3 Å². The first kappa shape index (κ1) is 13.3. The van der Waals surface area contributed by atoms with E-state index in [-0.39, 0.29) is 17.0 Å². The minimum absolute atomic E-state index is 0.0138. The first-order chi connectivity index (χ1) is 8.39. The van der Waals surface area contributed by atoms with Gasteiger partial charge in [-0.15, -0.1) is 0 Å². The van der Waals surface area contributed by atoms with Crippen molar-refractivity contribution < 1.29 is 9.59 Å². The van der Waals surface area contributed by atoms with Crippen molar-refractivity contribution in [2.45, 2.75) is 52.9 Å². The summed E-state index contributed by atoms with van der Waals surface area (Å²) in [6, 6.07) is 0. The Bertz CT molecular complexity index is 427. The number of Topliss-reactive ketones (excluding diaryl/α,β-unsaturated/α-hetero) is 1. The van der Waals surface area contributed by atoms with Gasteiger partial charge in [0.1, 0.15) is 0 Å². The van der Waals surface area contributed by atoms with Crippen molar-refractivity contribution in [3.63, 3.8) is 0 Å². The van der Waals surface area contributed by atoms with Gasteiger partial charge in [-0.05, 0) is 36.3 Å². The number of allylic oxidation sites excluding steroid dienone is 4. The van der Waals surface area contributed by atoms with E-state index in [2.05, 4.69) is 0 Å². The highest BCUT2D eigenvalue weighted by Gasteiger charge is 2.33. The van der Waals surface area contributed by atoms with Crippen LogP contribution in [0.2, 0.25) is 0 Å². The molecule has 0 heterocycles. The second-order valence-electron chi connectivity index (χ2n) is 6.47. The zero-order chi connectivity index (χ0) is 13.3. The summed E-state index contributed by atoms with van der Waals surface area (Å²) in [5.41, 5.74) is 1.20. The van der Waals surface area contributed by atoms with E-state index in [4.69, 9.17) is 0 Å². The second-order valence-corrected chi connectivity index (χ2v) is 6.47. The number of ketones is 2. The van der Waals surface area contributed by atoms with E-state index in [1.807, 2.05) is 20.8 Å². The quantitative estimate of drug-likeness (QED) is 0.662. The van der Waals surface area contributed by atoms with Crippen LogP contribution < -0.4 is 0 Å². The Hall–Kier alpha value is -1.18. The molecule has 0 aromatic heterocycles. The maximum absolute atomic E-state index is 12.5. The Balaban J connectivity index is 2.27. The van der Waals surface area contributed by atoms with Crippen LogP contribution in [0.15, 0.2) is 23.3 Å². The Morgan fingerprint density at radius 2 is 1.61 bits per heavy atom. The predicted octanol–water partition coefficient (Wildman–Crippen LogP) is 3.62. The molecule has 0 aromatic carbocycles. The van der Waals surface area contributed by atoms with Crippen LogP contribution in [0.5, 0.6) is 0 Å². The maximum atomic E-state index is 12.5. The van der Waals surface area contributed by atoms with E-state index in [1.165, 1.54) is 25.3 Å². The van der Waals surface area contributed by atoms with Crippen molar-refractivity contribution in [1.29, 1.82) is 0 Å². The molecule has 2 nitrogen and oxygen atoms in total. The highest BCUT2D eigenvalue weighted by Crippen LogP contribution is 2.37. The summed E-state index contributed by atoms with van der Waals surface area (Å²) < 4.78 is 0. The maximum Gasteiger partial charge on any atom is 0.186 e. The highest BCUT2D eigenvalue weighted by molar-refractivity contribution is 6.20. The van der Waals surface area contributed by atoms with Gasteiger partial charge in [0.05, 0.1) is 0 Å². The molecular weight excluding hydrogens is 224 g/mol. The highest BCUT2D eigenvalue weighted by atomic mass is 16.1. The molecule has 2 aliphatic rings. The fourth-order valence-corrected chi connectivity index (χ4v) is 2.90. The molecule has 1 saturated carbocycles. The monoisotopic (exact) mass is 246 g/mol. The average Bonchev–Trinajstić information content (AvgIpc) is 2.31. The first-order valence-electron chi connectivity index (χ1n) is 6.92. The van der Waals surface area contributed by atoms with E-state index in [0.717, 1.165) is 18.4 Å². The molecule has 0 radical (unpaired) electrons. The molecule has 0 N–H and O–H groups in total. The molecule has 18 heavy (non-hydrogen) atoms. The average molecular weight is 246 g/mol. The van der Waals surface area contributed by atoms with E-state index in [0.29, 0.717) is 11.5 Å². The normalized spacial score (nSPS) is 22.8. The summed E-state index contributed by atoms with van der Waals surface area (Å²) in [4.78, 5) is 24.3. The zero-order valence-electron chi connectivity index (χ0n) is 11.6. The molecule has 0 aliphatic heterocycles. The van der Waals surface area contributed by atoms with Gasteiger partial charge in [0.25, 0.3) is 0 Å². The fourth-order valence-electron chi connectivity index (χ4n) is 2.90. The fraction of sp³-hybridized carbons (Fsp3) is 0.625. The molecule has 0 unspecified atom stereocenters. The molecular formula is C16H22O2. The molecule has 98 valence electrons. The van der Waals surface area contributed by atoms with Crippen LogP contribution in [-0.2, 0) is 9.59 Å². The first-order valence-corrected chi connectivity index (χ1v) is 6.92. The summed E-state index contributed by atoms with van der Waals surface area (Å²) in [7, 11) is 0. The van der Waals surface area contributed by atoms with Gasteiger partial charge in [-0.2, -0.15) is 0 Å². The van der Waals surface area contributed by atoms with Crippen molar-refractivity contribution in [3.8, 4) is 0 Å². The minimum atomic E-state index is -0.249. The summed E-state index contributed by atoms with van der Waals surface area (Å²) in [5, 5.41) is 0. The summed E-state index contributed by atoms with van der Waals surface area (Å²) in [5.74, 6) is 0.398. The van der Waals surface area contributed by atoms with E-state index in [1.54, 1.807) is 6.08 Å². The lowest BCUT2D eigenvalue weighted by molar-refractivity contribution is -0.116. The number of hydrogen-bond donors (Lipinski definition) is 0. The van der Waals surface area contributed by atoms with Crippen molar-refractivity contribution in [2.75, 3.05) is 0 Å². The van der Waals surface area contributed by atoms with Crippen molar-refractivity contribution in [2.24, 2.45) is 11.3 Å². The van der Waals surface area contributed by atoms with Crippen LogP contribution in [0.25, 0.3) is 0 Å². The summed E-state index contributed by atoms with van der Waals surface area (Å²) in [6.07, 6.45) is 8.83. The van der Waals surface area contributed by atoms with Crippen LogP contribution in [0.3, 0.4) is 0 Å². The molecule has 2 aliphatic carbocycles. The molecule has 0 spiro atoms. The third-order valence-electron chi connectivity index (χ3n) is 3.94. The lowest BCUT2D eigenvalue weighted by atomic mass is 9.73. The third-order valence-corrected chi connectivity index (χ3v) is 3.94. The van der Waals surface area contributed by atoms with Crippen LogP contribution in [0, 0.1) is 11.3 Å². The molecule has 0 bridgehead atoms. The van der Waals surface area contributed by atoms with E-state index >= 15 is 0 Å². The molecule has 0 atom stereocenters. The largest absolute Gasteiger partial charge is 0.290 e. The number of carbonyl (C=O) groups excluding carboxylic acids is 2. The van der Waals surface area contributed by atoms with Crippen molar-refractivity contribution >= 4 is 11.6 Å². The van der Waals surface area contributed by atoms with Gasteiger partial charge in [-0.1, -0.05) is 40.0 Å². The summed E-state index contributed by atoms with van der Waals surface area (Å²) in [6.45, 7) is 5.98. The third kappa shape index (κ3) is 2.63. The van der Waals surface area contributed by atoms with Crippen LogP contribution in [-0.4, -0.2) is 11.6 Å². The lowest BCUT2D eigenvalue weighted by Crippen LogP contribution is -2.28. The van der Waals surface area contributed by atoms with Gasteiger partial charge in [0, 0.05) is 11.1 Å². The lowest BCUT2D eigenvalue weighted by Gasteiger charge is -2.29. The molecule has 1 fully saturated rings. The Morgan fingerprint density at radius 3 is 2.17 bits per heavy atom. The SMILES string of the molecule is CC(C)(C)C1=CC(=O)C=C(C2CCCCC2)C1=O.